The van der Waals surface area contributed by atoms with Crippen LogP contribution in [0.4, 0.5) is 0 Å². The predicted molar refractivity (Wildman–Crippen MR) is 63.7 cm³/mol. The van der Waals surface area contributed by atoms with Gasteiger partial charge in [-0.3, -0.25) is 14.5 Å². The molecule has 0 aromatic heterocycles. The molecule has 1 heterocycles. The zero-order valence-corrected chi connectivity index (χ0v) is 11.3. The molecule has 0 aromatic carbocycles. The van der Waals surface area contributed by atoms with Crippen LogP contribution in [0.15, 0.2) is 0 Å². The Hall–Kier alpha value is -0.860. The maximum atomic E-state index is 12.1. The lowest BCUT2D eigenvalue weighted by Gasteiger charge is -2.28. The fraction of sp³-hybridized carbons (Fsp3) is 0.846. The van der Waals surface area contributed by atoms with Gasteiger partial charge < -0.3 is 0 Å². The molecule has 2 amide bonds. The third-order valence-corrected chi connectivity index (χ3v) is 2.92. The van der Waals surface area contributed by atoms with Gasteiger partial charge in [0.05, 0.1) is 5.92 Å². The molecule has 1 fully saturated rings. The van der Waals surface area contributed by atoms with E-state index in [1.807, 2.05) is 41.5 Å². The van der Waals surface area contributed by atoms with Crippen LogP contribution in [0.3, 0.4) is 0 Å². The minimum atomic E-state index is -0.151. The lowest BCUT2D eigenvalue weighted by molar-refractivity contribution is -0.141. The monoisotopic (exact) mass is 225 g/mol. The minimum Gasteiger partial charge on any atom is -0.282 e. The van der Waals surface area contributed by atoms with Gasteiger partial charge in [-0.1, -0.05) is 41.5 Å². The van der Waals surface area contributed by atoms with E-state index in [-0.39, 0.29) is 28.6 Å². The fourth-order valence-corrected chi connectivity index (χ4v) is 2.00. The SMILES string of the molecule is CC(C)(C)CN1C(=O)CC(C(C)(C)C)C1=O. The molecule has 0 radical (unpaired) electrons. The molecule has 1 rings (SSSR count). The molecule has 0 spiro atoms. The summed E-state index contributed by atoms with van der Waals surface area (Å²) in [6, 6.07) is 0. The van der Waals surface area contributed by atoms with Crippen molar-refractivity contribution in [2.24, 2.45) is 16.7 Å². The number of nitrogens with zero attached hydrogens (tertiary/aromatic N) is 1. The highest BCUT2D eigenvalue weighted by atomic mass is 16.2. The smallest absolute Gasteiger partial charge is 0.233 e. The second-order valence-corrected chi connectivity index (χ2v) is 7.00. The summed E-state index contributed by atoms with van der Waals surface area (Å²) in [5.74, 6) is -0.158. The third kappa shape index (κ3) is 2.83. The molecule has 92 valence electrons. The zero-order valence-electron chi connectivity index (χ0n) is 11.3. The molecule has 3 nitrogen and oxygen atoms in total. The Morgan fingerprint density at radius 3 is 1.94 bits per heavy atom. The van der Waals surface area contributed by atoms with Gasteiger partial charge in [-0.15, -0.1) is 0 Å². The van der Waals surface area contributed by atoms with E-state index < -0.39 is 0 Å². The second kappa shape index (κ2) is 3.86. The van der Waals surface area contributed by atoms with Crippen molar-refractivity contribution < 1.29 is 9.59 Å². The van der Waals surface area contributed by atoms with Crippen LogP contribution < -0.4 is 0 Å². The first-order valence-electron chi connectivity index (χ1n) is 5.86. The van der Waals surface area contributed by atoms with E-state index in [0.29, 0.717) is 13.0 Å². The van der Waals surface area contributed by atoms with Crippen LogP contribution in [0.1, 0.15) is 48.0 Å². The van der Waals surface area contributed by atoms with Crippen molar-refractivity contribution in [1.29, 1.82) is 0 Å². The molecule has 1 aliphatic heterocycles. The Bertz CT molecular complexity index is 307. The van der Waals surface area contributed by atoms with Crippen LogP contribution in [0.5, 0.6) is 0 Å². The summed E-state index contributed by atoms with van der Waals surface area (Å²) in [5, 5.41) is 0. The van der Waals surface area contributed by atoms with Gasteiger partial charge in [0.25, 0.3) is 0 Å². The van der Waals surface area contributed by atoms with E-state index in [0.717, 1.165) is 0 Å². The average Bonchev–Trinajstić information content (AvgIpc) is 2.28. The fourth-order valence-electron chi connectivity index (χ4n) is 2.00. The molecular weight excluding hydrogens is 202 g/mol. The van der Waals surface area contributed by atoms with Crippen molar-refractivity contribution in [2.45, 2.75) is 48.0 Å². The van der Waals surface area contributed by atoms with Crippen molar-refractivity contribution in [3.63, 3.8) is 0 Å². The number of likely N-dealkylation sites (tertiary alicyclic amines) is 1. The summed E-state index contributed by atoms with van der Waals surface area (Å²) in [5.41, 5.74) is -0.155. The van der Waals surface area contributed by atoms with Gasteiger partial charge in [-0.2, -0.15) is 0 Å². The number of hydrogen-bond acceptors (Lipinski definition) is 2. The normalized spacial score (nSPS) is 23.1. The van der Waals surface area contributed by atoms with Gasteiger partial charge in [0.1, 0.15) is 0 Å². The summed E-state index contributed by atoms with van der Waals surface area (Å²) < 4.78 is 0. The van der Waals surface area contributed by atoms with Crippen LogP contribution in [-0.4, -0.2) is 23.3 Å². The highest BCUT2D eigenvalue weighted by molar-refractivity contribution is 6.03. The van der Waals surface area contributed by atoms with E-state index in [1.54, 1.807) is 0 Å². The number of imide groups is 1. The van der Waals surface area contributed by atoms with Crippen LogP contribution in [-0.2, 0) is 9.59 Å². The Morgan fingerprint density at radius 1 is 1.12 bits per heavy atom. The molecule has 0 aliphatic carbocycles. The van der Waals surface area contributed by atoms with Gasteiger partial charge in [0, 0.05) is 13.0 Å². The molecule has 1 atom stereocenters. The van der Waals surface area contributed by atoms with Gasteiger partial charge in [-0.05, 0) is 10.8 Å². The molecular formula is C13H23NO2. The summed E-state index contributed by atoms with van der Waals surface area (Å²) in [4.78, 5) is 25.4. The molecule has 0 N–H and O–H groups in total. The molecule has 1 unspecified atom stereocenters. The van der Waals surface area contributed by atoms with Crippen molar-refractivity contribution in [2.75, 3.05) is 6.54 Å². The number of carbonyl (C=O) groups is 2. The van der Waals surface area contributed by atoms with E-state index in [2.05, 4.69) is 0 Å². The molecule has 16 heavy (non-hydrogen) atoms. The van der Waals surface area contributed by atoms with Crippen molar-refractivity contribution >= 4 is 11.8 Å². The quantitative estimate of drug-likeness (QED) is 0.643. The van der Waals surface area contributed by atoms with E-state index >= 15 is 0 Å². The highest BCUT2D eigenvalue weighted by Gasteiger charge is 2.45. The van der Waals surface area contributed by atoms with Crippen LogP contribution in [0.2, 0.25) is 0 Å². The standard InChI is InChI=1S/C13H23NO2/c1-12(2,3)8-14-10(15)7-9(11(14)16)13(4,5)6/h9H,7-8H2,1-6H3. The Labute approximate surface area is 98.2 Å². The van der Waals surface area contributed by atoms with Gasteiger partial charge in [0.2, 0.25) is 11.8 Å². The Kier molecular flexibility index (Phi) is 3.19. The van der Waals surface area contributed by atoms with Gasteiger partial charge in [-0.25, -0.2) is 0 Å². The van der Waals surface area contributed by atoms with Crippen molar-refractivity contribution in [3.8, 4) is 0 Å². The Balaban J connectivity index is 2.84. The maximum absolute atomic E-state index is 12.1. The Morgan fingerprint density at radius 2 is 1.62 bits per heavy atom. The number of amides is 2. The van der Waals surface area contributed by atoms with Gasteiger partial charge >= 0.3 is 0 Å². The second-order valence-electron chi connectivity index (χ2n) is 7.00. The number of carbonyl (C=O) groups excluding carboxylic acids is 2. The minimum absolute atomic E-state index is 0.00688. The summed E-state index contributed by atoms with van der Waals surface area (Å²) in [6.45, 7) is 12.7. The molecule has 0 bridgehead atoms. The van der Waals surface area contributed by atoms with E-state index in [9.17, 15) is 9.59 Å². The molecule has 3 heteroatoms. The number of hydrogen-bond donors (Lipinski definition) is 0. The summed E-state index contributed by atoms with van der Waals surface area (Å²) in [7, 11) is 0. The summed E-state index contributed by atoms with van der Waals surface area (Å²) >= 11 is 0. The predicted octanol–water partition coefficient (Wildman–Crippen LogP) is 2.45. The largest absolute Gasteiger partial charge is 0.282 e. The lowest BCUT2D eigenvalue weighted by atomic mass is 9.80. The van der Waals surface area contributed by atoms with Crippen molar-refractivity contribution in [3.05, 3.63) is 0 Å². The topological polar surface area (TPSA) is 37.4 Å². The van der Waals surface area contributed by atoms with Crippen LogP contribution in [0.25, 0.3) is 0 Å². The van der Waals surface area contributed by atoms with E-state index in [1.165, 1.54) is 4.90 Å². The molecule has 1 aliphatic rings. The lowest BCUT2D eigenvalue weighted by Crippen LogP contribution is -2.39. The van der Waals surface area contributed by atoms with Crippen molar-refractivity contribution in [1.82, 2.24) is 4.90 Å². The maximum Gasteiger partial charge on any atom is 0.233 e. The highest BCUT2D eigenvalue weighted by Crippen LogP contribution is 2.36. The average molecular weight is 225 g/mol. The van der Waals surface area contributed by atoms with E-state index in [4.69, 9.17) is 0 Å². The first-order valence-corrected chi connectivity index (χ1v) is 5.86. The first kappa shape index (κ1) is 13.2. The van der Waals surface area contributed by atoms with Crippen LogP contribution in [0, 0.1) is 16.7 Å². The molecule has 0 saturated carbocycles. The first-order chi connectivity index (χ1) is 7.02. The molecule has 1 saturated heterocycles. The van der Waals surface area contributed by atoms with Crippen LogP contribution >= 0.6 is 0 Å². The zero-order chi connectivity index (χ0) is 12.7. The summed E-state index contributed by atoms with van der Waals surface area (Å²) in [6.07, 6.45) is 0.373. The van der Waals surface area contributed by atoms with Gasteiger partial charge in [0.15, 0.2) is 0 Å². The third-order valence-electron chi connectivity index (χ3n) is 2.92. The number of rotatable bonds is 1. The molecule has 0 aromatic rings.